The number of hydrogen-bond donors (Lipinski definition) is 0. The van der Waals surface area contributed by atoms with Gasteiger partial charge in [-0.25, -0.2) is 0 Å². The normalized spacial score (nSPS) is 7.88. The number of hydrogen-bond acceptors (Lipinski definition) is 0. The van der Waals surface area contributed by atoms with Gasteiger partial charge in [-0.3, -0.25) is 0 Å². The lowest BCUT2D eigenvalue weighted by molar-refractivity contribution is 0.645. The van der Waals surface area contributed by atoms with Crippen molar-refractivity contribution in [2.24, 2.45) is 5.92 Å². The van der Waals surface area contributed by atoms with Crippen molar-refractivity contribution in [2.45, 2.75) is 68.7 Å². The highest BCUT2D eigenvalue weighted by Gasteiger charge is 1.98. The van der Waals surface area contributed by atoms with Crippen LogP contribution in [0.4, 0.5) is 0 Å². The van der Waals surface area contributed by atoms with E-state index in [0.717, 1.165) is 5.92 Å². The molecule has 0 radical (unpaired) electrons. The van der Waals surface area contributed by atoms with E-state index in [-0.39, 0.29) is 0 Å². The Hall–Kier alpha value is -0.780. The molecule has 0 aromatic heterocycles. The minimum absolute atomic E-state index is 0.760. The molecule has 0 unspecified atom stereocenters. The zero-order chi connectivity index (χ0) is 14.3. The summed E-state index contributed by atoms with van der Waals surface area (Å²) in [5.41, 5.74) is 2.91. The van der Waals surface area contributed by atoms with Crippen molar-refractivity contribution in [1.29, 1.82) is 0 Å². The van der Waals surface area contributed by atoms with Gasteiger partial charge in [0.1, 0.15) is 0 Å². The van der Waals surface area contributed by atoms with Crippen molar-refractivity contribution < 1.29 is 0 Å². The molecule has 0 atom stereocenters. The summed E-state index contributed by atoms with van der Waals surface area (Å²) in [6.45, 7) is 18.7. The molecule has 1 rings (SSSR count). The van der Waals surface area contributed by atoms with Crippen LogP contribution in [0.2, 0.25) is 0 Å². The highest BCUT2D eigenvalue weighted by atomic mass is 14.0. The summed E-state index contributed by atoms with van der Waals surface area (Å²) in [6.07, 6.45) is 1.20. The summed E-state index contributed by atoms with van der Waals surface area (Å²) in [4.78, 5) is 0. The molecule has 102 valence electrons. The largest absolute Gasteiger partial charge is 0.0683 e. The van der Waals surface area contributed by atoms with Crippen LogP contribution in [0.3, 0.4) is 0 Å². The van der Waals surface area contributed by atoms with Crippen molar-refractivity contribution >= 4 is 0 Å². The van der Waals surface area contributed by atoms with Gasteiger partial charge in [0.25, 0.3) is 0 Å². The van der Waals surface area contributed by atoms with Gasteiger partial charge in [-0.1, -0.05) is 79.7 Å². The molecule has 0 saturated carbocycles. The predicted octanol–water partition coefficient (Wildman–Crippen LogP) is 6.27. The van der Waals surface area contributed by atoms with E-state index in [4.69, 9.17) is 0 Å². The lowest BCUT2D eigenvalue weighted by atomic mass is 9.99. The first-order valence-corrected chi connectivity index (χ1v) is 7.24. The molecule has 1 aromatic carbocycles. The van der Waals surface area contributed by atoms with E-state index in [9.17, 15) is 0 Å². The van der Waals surface area contributed by atoms with Crippen LogP contribution < -0.4 is 0 Å². The van der Waals surface area contributed by atoms with Gasteiger partial charge in [-0.05, 0) is 30.4 Å². The highest BCUT2D eigenvalue weighted by Crippen LogP contribution is 2.11. The van der Waals surface area contributed by atoms with Crippen molar-refractivity contribution in [3.8, 4) is 0 Å². The van der Waals surface area contributed by atoms with Gasteiger partial charge in [0.2, 0.25) is 0 Å². The molecular weight excluding hydrogens is 204 g/mol. The van der Waals surface area contributed by atoms with E-state index < -0.39 is 0 Å². The van der Waals surface area contributed by atoms with Crippen molar-refractivity contribution in [3.05, 3.63) is 35.4 Å². The summed E-state index contributed by atoms with van der Waals surface area (Å²) in [7, 11) is 0. The number of rotatable bonds is 2. The van der Waals surface area contributed by atoms with Crippen LogP contribution in [-0.4, -0.2) is 0 Å². The van der Waals surface area contributed by atoms with Crippen LogP contribution in [0.15, 0.2) is 24.3 Å². The SMILES string of the molecule is CC.CC.CC.Cc1ccccc1CC(C)C. The maximum absolute atomic E-state index is 2.26. The number of benzene rings is 1. The molecule has 0 bridgehead atoms. The molecule has 0 N–H and O–H groups in total. The van der Waals surface area contributed by atoms with Crippen LogP contribution >= 0.6 is 0 Å². The fraction of sp³-hybridized carbons (Fsp3) is 0.647. The molecule has 0 nitrogen and oxygen atoms in total. The van der Waals surface area contributed by atoms with Gasteiger partial charge < -0.3 is 0 Å². The lowest BCUT2D eigenvalue weighted by Gasteiger charge is -2.07. The molecule has 0 aliphatic rings. The zero-order valence-corrected chi connectivity index (χ0v) is 13.6. The molecule has 0 spiro atoms. The smallest absolute Gasteiger partial charge is 0.0253 e. The third kappa shape index (κ3) is 13.2. The summed E-state index contributed by atoms with van der Waals surface area (Å²) in [5.74, 6) is 0.760. The highest BCUT2D eigenvalue weighted by molar-refractivity contribution is 5.25. The second-order valence-electron chi connectivity index (χ2n) is 3.52. The Morgan fingerprint density at radius 2 is 1.24 bits per heavy atom. The lowest BCUT2D eigenvalue weighted by Crippen LogP contribution is -1.95. The van der Waals surface area contributed by atoms with E-state index in [0.29, 0.717) is 0 Å². The summed E-state index contributed by atoms with van der Waals surface area (Å²) in [6, 6.07) is 8.61. The first-order chi connectivity index (χ1) is 8.20. The van der Waals surface area contributed by atoms with Crippen LogP contribution in [-0.2, 0) is 6.42 Å². The summed E-state index contributed by atoms with van der Waals surface area (Å²) >= 11 is 0. The fourth-order valence-electron chi connectivity index (χ4n) is 1.28. The maximum atomic E-state index is 2.26. The molecule has 0 heteroatoms. The Bertz CT molecular complexity index is 223. The van der Waals surface area contributed by atoms with Gasteiger partial charge in [0, 0.05) is 0 Å². The average Bonchev–Trinajstić information content (AvgIpc) is 2.39. The second kappa shape index (κ2) is 17.6. The summed E-state index contributed by atoms with van der Waals surface area (Å²) in [5, 5.41) is 0. The van der Waals surface area contributed by atoms with E-state index in [1.54, 1.807) is 0 Å². The predicted molar refractivity (Wildman–Crippen MR) is 83.8 cm³/mol. The molecule has 0 amide bonds. The first-order valence-electron chi connectivity index (χ1n) is 7.24. The first kappa shape index (κ1) is 21.5. The Balaban J connectivity index is -0.000000285. The maximum Gasteiger partial charge on any atom is -0.0253 e. The third-order valence-corrected chi connectivity index (χ3v) is 1.89. The molecular formula is C17H34. The Morgan fingerprint density at radius 1 is 0.824 bits per heavy atom. The zero-order valence-electron chi connectivity index (χ0n) is 13.6. The van der Waals surface area contributed by atoms with Gasteiger partial charge >= 0.3 is 0 Å². The minimum Gasteiger partial charge on any atom is -0.0683 e. The van der Waals surface area contributed by atoms with E-state index in [2.05, 4.69) is 45.0 Å². The second-order valence-corrected chi connectivity index (χ2v) is 3.52. The number of aryl methyl sites for hydroxylation is 1. The minimum atomic E-state index is 0.760. The van der Waals surface area contributed by atoms with Gasteiger partial charge in [0.05, 0.1) is 0 Å². The third-order valence-electron chi connectivity index (χ3n) is 1.89. The molecule has 0 aliphatic carbocycles. The quantitative estimate of drug-likeness (QED) is 0.569. The van der Waals surface area contributed by atoms with Gasteiger partial charge in [0.15, 0.2) is 0 Å². The van der Waals surface area contributed by atoms with Crippen LogP contribution in [0, 0.1) is 12.8 Å². The van der Waals surface area contributed by atoms with E-state index in [1.807, 2.05) is 41.5 Å². The Labute approximate surface area is 110 Å². The van der Waals surface area contributed by atoms with Crippen molar-refractivity contribution in [1.82, 2.24) is 0 Å². The molecule has 0 fully saturated rings. The van der Waals surface area contributed by atoms with Gasteiger partial charge in [-0.15, -0.1) is 0 Å². The van der Waals surface area contributed by atoms with Gasteiger partial charge in [-0.2, -0.15) is 0 Å². The molecule has 1 aromatic rings. The van der Waals surface area contributed by atoms with Crippen LogP contribution in [0.5, 0.6) is 0 Å². The Kier molecular flexibility index (Phi) is 22.3. The van der Waals surface area contributed by atoms with E-state index in [1.165, 1.54) is 17.5 Å². The van der Waals surface area contributed by atoms with Crippen LogP contribution in [0.25, 0.3) is 0 Å². The topological polar surface area (TPSA) is 0 Å². The molecule has 0 aliphatic heterocycles. The average molecular weight is 238 g/mol. The molecule has 0 saturated heterocycles. The van der Waals surface area contributed by atoms with Crippen molar-refractivity contribution in [2.75, 3.05) is 0 Å². The fourth-order valence-corrected chi connectivity index (χ4v) is 1.28. The molecule has 0 heterocycles. The summed E-state index contributed by atoms with van der Waals surface area (Å²) < 4.78 is 0. The van der Waals surface area contributed by atoms with Crippen LogP contribution in [0.1, 0.15) is 66.5 Å². The van der Waals surface area contributed by atoms with Crippen molar-refractivity contribution in [3.63, 3.8) is 0 Å². The Morgan fingerprint density at radius 3 is 1.59 bits per heavy atom. The monoisotopic (exact) mass is 238 g/mol. The standard InChI is InChI=1S/C11H16.3C2H6/c1-9(2)8-11-7-5-4-6-10(11)3;3*1-2/h4-7,9H,8H2,1-3H3;3*1-2H3. The molecule has 17 heavy (non-hydrogen) atoms. The van der Waals surface area contributed by atoms with E-state index >= 15 is 0 Å².